The molecule has 1 aliphatic heterocycles. The second-order valence-corrected chi connectivity index (χ2v) is 7.60. The molecule has 0 radical (unpaired) electrons. The maximum atomic E-state index is 13.3. The normalized spacial score (nSPS) is 13.8. The predicted molar refractivity (Wildman–Crippen MR) is 124 cm³/mol. The van der Waals surface area contributed by atoms with Gasteiger partial charge in [-0.05, 0) is 57.0 Å². The number of ether oxygens (including phenoxy) is 3. The highest BCUT2D eigenvalue weighted by molar-refractivity contribution is 6.36. The summed E-state index contributed by atoms with van der Waals surface area (Å²) in [4.78, 5) is 27.8. The van der Waals surface area contributed by atoms with Crippen LogP contribution in [0.4, 0.5) is 5.69 Å². The number of methoxy groups -OCH3 is 1. The van der Waals surface area contributed by atoms with E-state index in [1.165, 1.54) is 4.90 Å². The third-order valence-corrected chi connectivity index (χ3v) is 4.94. The highest BCUT2D eigenvalue weighted by atomic mass is 16.5. The van der Waals surface area contributed by atoms with Crippen LogP contribution in [0.1, 0.15) is 32.8 Å². The molecule has 0 saturated heterocycles. The van der Waals surface area contributed by atoms with Gasteiger partial charge in [0.25, 0.3) is 11.8 Å². The van der Waals surface area contributed by atoms with Crippen molar-refractivity contribution < 1.29 is 23.8 Å². The molecule has 3 rings (SSSR count). The van der Waals surface area contributed by atoms with Gasteiger partial charge in [-0.2, -0.15) is 0 Å². The molecule has 0 aromatic heterocycles. The lowest BCUT2D eigenvalue weighted by Crippen LogP contribution is -2.34. The molecule has 1 N–H and O–H groups in total. The fourth-order valence-electron chi connectivity index (χ4n) is 3.44. The molecule has 0 bridgehead atoms. The van der Waals surface area contributed by atoms with Crippen LogP contribution in [0.25, 0.3) is 5.57 Å². The number of nitrogens with one attached hydrogen (secondary N) is 1. The molecule has 1 heterocycles. The van der Waals surface area contributed by atoms with E-state index in [0.717, 1.165) is 0 Å². The van der Waals surface area contributed by atoms with Crippen molar-refractivity contribution in [1.82, 2.24) is 4.90 Å². The SMILES string of the molecule is CCOc1cccc(NC2=C(c3ccc(OC)cc3)C(=O)N(CCCOC(C)C)C2=O)c1. The smallest absolute Gasteiger partial charge is 0.278 e. The van der Waals surface area contributed by atoms with Crippen LogP contribution in [-0.4, -0.2) is 49.7 Å². The van der Waals surface area contributed by atoms with E-state index in [-0.39, 0.29) is 30.2 Å². The molecule has 0 fully saturated rings. The van der Waals surface area contributed by atoms with Crippen LogP contribution in [-0.2, 0) is 14.3 Å². The lowest BCUT2D eigenvalue weighted by Gasteiger charge is -2.16. The average Bonchev–Trinajstić information content (AvgIpc) is 3.01. The third-order valence-electron chi connectivity index (χ3n) is 4.94. The summed E-state index contributed by atoms with van der Waals surface area (Å²) in [5.74, 6) is 0.677. The Bertz CT molecular complexity index is 982. The van der Waals surface area contributed by atoms with Crippen molar-refractivity contribution in [2.75, 3.05) is 32.2 Å². The summed E-state index contributed by atoms with van der Waals surface area (Å²) in [6, 6.07) is 14.4. The zero-order valence-electron chi connectivity index (χ0n) is 19.0. The maximum Gasteiger partial charge on any atom is 0.278 e. The fourth-order valence-corrected chi connectivity index (χ4v) is 3.44. The van der Waals surface area contributed by atoms with Crippen molar-refractivity contribution >= 4 is 23.1 Å². The van der Waals surface area contributed by atoms with Gasteiger partial charge in [0, 0.05) is 24.9 Å². The van der Waals surface area contributed by atoms with Crippen LogP contribution in [0.15, 0.2) is 54.2 Å². The summed E-state index contributed by atoms with van der Waals surface area (Å²) < 4.78 is 16.3. The summed E-state index contributed by atoms with van der Waals surface area (Å²) in [7, 11) is 1.58. The second kappa shape index (κ2) is 10.8. The standard InChI is InChI=1S/C25H30N2O5/c1-5-31-21-9-6-8-19(16-21)26-23-22(18-10-12-20(30-4)13-11-18)24(28)27(25(23)29)14-7-15-32-17(2)3/h6,8-13,16-17,26H,5,7,14-15H2,1-4H3. The van der Waals surface area contributed by atoms with Gasteiger partial charge in [-0.15, -0.1) is 0 Å². The number of amides is 2. The van der Waals surface area contributed by atoms with E-state index in [0.29, 0.717) is 48.0 Å². The van der Waals surface area contributed by atoms with Gasteiger partial charge < -0.3 is 19.5 Å². The Morgan fingerprint density at radius 3 is 2.41 bits per heavy atom. The first-order valence-electron chi connectivity index (χ1n) is 10.8. The van der Waals surface area contributed by atoms with Crippen LogP contribution < -0.4 is 14.8 Å². The molecule has 7 nitrogen and oxygen atoms in total. The zero-order valence-corrected chi connectivity index (χ0v) is 19.0. The minimum atomic E-state index is -0.354. The number of rotatable bonds is 11. The van der Waals surface area contributed by atoms with Crippen LogP contribution in [0.5, 0.6) is 11.5 Å². The van der Waals surface area contributed by atoms with Crippen molar-refractivity contribution in [3.05, 3.63) is 59.8 Å². The van der Waals surface area contributed by atoms with E-state index in [1.54, 1.807) is 37.4 Å². The van der Waals surface area contributed by atoms with Crippen LogP contribution >= 0.6 is 0 Å². The van der Waals surface area contributed by atoms with Gasteiger partial charge in [0.15, 0.2) is 0 Å². The monoisotopic (exact) mass is 438 g/mol. The van der Waals surface area contributed by atoms with Crippen LogP contribution in [0.2, 0.25) is 0 Å². The van der Waals surface area contributed by atoms with Gasteiger partial charge in [-0.1, -0.05) is 18.2 Å². The molecule has 0 atom stereocenters. The van der Waals surface area contributed by atoms with E-state index in [4.69, 9.17) is 14.2 Å². The van der Waals surface area contributed by atoms with Gasteiger partial charge in [-0.25, -0.2) is 0 Å². The molecule has 32 heavy (non-hydrogen) atoms. The quantitative estimate of drug-likeness (QED) is 0.420. The highest BCUT2D eigenvalue weighted by Crippen LogP contribution is 2.32. The van der Waals surface area contributed by atoms with Gasteiger partial charge >= 0.3 is 0 Å². The molecule has 7 heteroatoms. The topological polar surface area (TPSA) is 77.1 Å². The Morgan fingerprint density at radius 1 is 1.00 bits per heavy atom. The number of benzene rings is 2. The molecule has 0 aliphatic carbocycles. The van der Waals surface area contributed by atoms with E-state index in [2.05, 4.69) is 5.32 Å². The number of hydrogen-bond acceptors (Lipinski definition) is 6. The molecule has 2 aromatic rings. The van der Waals surface area contributed by atoms with Crippen LogP contribution in [0, 0.1) is 0 Å². The molecule has 170 valence electrons. The Kier molecular flexibility index (Phi) is 7.89. The second-order valence-electron chi connectivity index (χ2n) is 7.60. The largest absolute Gasteiger partial charge is 0.497 e. The van der Waals surface area contributed by atoms with Gasteiger partial charge in [0.1, 0.15) is 17.2 Å². The van der Waals surface area contributed by atoms with E-state index in [9.17, 15) is 9.59 Å². The number of nitrogens with zero attached hydrogens (tertiary/aromatic N) is 1. The fraction of sp³-hybridized carbons (Fsp3) is 0.360. The summed E-state index contributed by atoms with van der Waals surface area (Å²) in [5, 5.41) is 3.16. The van der Waals surface area contributed by atoms with Gasteiger partial charge in [0.05, 0.1) is 25.4 Å². The molecule has 1 aliphatic rings. The number of imide groups is 1. The summed E-state index contributed by atoms with van der Waals surface area (Å²) in [5.41, 5.74) is 1.90. The molecular weight excluding hydrogens is 408 g/mol. The summed E-state index contributed by atoms with van der Waals surface area (Å²) in [6.45, 7) is 7.11. The number of hydrogen-bond donors (Lipinski definition) is 1. The third kappa shape index (κ3) is 5.48. The summed E-state index contributed by atoms with van der Waals surface area (Å²) >= 11 is 0. The van der Waals surface area contributed by atoms with E-state index >= 15 is 0 Å². The van der Waals surface area contributed by atoms with Crippen molar-refractivity contribution in [1.29, 1.82) is 0 Å². The molecule has 0 unspecified atom stereocenters. The Balaban J connectivity index is 1.90. The average molecular weight is 439 g/mol. The number of anilines is 1. The van der Waals surface area contributed by atoms with E-state index in [1.807, 2.05) is 39.0 Å². The van der Waals surface area contributed by atoms with Crippen molar-refractivity contribution in [2.24, 2.45) is 0 Å². The zero-order chi connectivity index (χ0) is 23.1. The van der Waals surface area contributed by atoms with Crippen molar-refractivity contribution in [3.63, 3.8) is 0 Å². The molecule has 2 amide bonds. The Labute approximate surface area is 189 Å². The van der Waals surface area contributed by atoms with E-state index < -0.39 is 0 Å². The molecule has 0 saturated carbocycles. The lowest BCUT2D eigenvalue weighted by molar-refractivity contribution is -0.137. The first-order chi connectivity index (χ1) is 15.4. The number of carbonyl (C=O) groups is 2. The lowest BCUT2D eigenvalue weighted by atomic mass is 10.0. The minimum Gasteiger partial charge on any atom is -0.497 e. The Hall–Kier alpha value is -3.32. The van der Waals surface area contributed by atoms with Crippen LogP contribution in [0.3, 0.4) is 0 Å². The number of carbonyl (C=O) groups excluding carboxylic acids is 2. The Morgan fingerprint density at radius 2 is 1.75 bits per heavy atom. The minimum absolute atomic E-state index is 0.0998. The van der Waals surface area contributed by atoms with Crippen molar-refractivity contribution in [3.8, 4) is 11.5 Å². The van der Waals surface area contributed by atoms with Crippen molar-refractivity contribution in [2.45, 2.75) is 33.3 Å². The molecule has 0 spiro atoms. The predicted octanol–water partition coefficient (Wildman–Crippen LogP) is 4.10. The maximum absolute atomic E-state index is 13.3. The van der Waals surface area contributed by atoms with Gasteiger partial charge in [-0.3, -0.25) is 14.5 Å². The highest BCUT2D eigenvalue weighted by Gasteiger charge is 2.38. The molecular formula is C25H30N2O5. The first kappa shape index (κ1) is 23.3. The summed E-state index contributed by atoms with van der Waals surface area (Å²) in [6.07, 6.45) is 0.668. The first-order valence-corrected chi connectivity index (χ1v) is 10.8. The molecule has 2 aromatic carbocycles. The van der Waals surface area contributed by atoms with Gasteiger partial charge in [0.2, 0.25) is 0 Å².